The Kier molecular flexibility index (Phi) is 6.17. The van der Waals surface area contributed by atoms with Crippen molar-refractivity contribution in [3.8, 4) is 0 Å². The van der Waals surface area contributed by atoms with Crippen molar-refractivity contribution in [2.75, 3.05) is 0 Å². The van der Waals surface area contributed by atoms with Crippen molar-refractivity contribution in [2.24, 2.45) is 0 Å². The van der Waals surface area contributed by atoms with Crippen molar-refractivity contribution in [2.45, 2.75) is 33.6 Å². The number of benzene rings is 5. The molecule has 0 spiro atoms. The van der Waals surface area contributed by atoms with Crippen LogP contribution in [-0.4, -0.2) is 20.9 Å². The molecular formula is C33H29OPTe. The Hall–Kier alpha value is -2.62. The topological polar surface area (TPSA) is 17.1 Å². The predicted molar refractivity (Wildman–Crippen MR) is 156 cm³/mol. The van der Waals surface area contributed by atoms with Gasteiger partial charge in [-0.3, -0.25) is 0 Å². The van der Waals surface area contributed by atoms with Crippen LogP contribution in [0.5, 0.6) is 0 Å². The van der Waals surface area contributed by atoms with Gasteiger partial charge in [0.15, 0.2) is 0 Å². The van der Waals surface area contributed by atoms with E-state index in [1.807, 2.05) is 60.7 Å². The van der Waals surface area contributed by atoms with Crippen molar-refractivity contribution < 1.29 is 4.57 Å². The Morgan fingerprint density at radius 2 is 1.17 bits per heavy atom. The Bertz CT molecular complexity index is 1580. The maximum atomic E-state index is 15.5. The first kappa shape index (κ1) is 23.8. The van der Waals surface area contributed by atoms with Gasteiger partial charge in [-0.1, -0.05) is 0 Å². The molecule has 0 saturated heterocycles. The second-order valence-electron chi connectivity index (χ2n) is 9.83. The molecule has 0 amide bonds. The van der Waals surface area contributed by atoms with Gasteiger partial charge in [-0.2, -0.15) is 0 Å². The Balaban J connectivity index is 1.68. The van der Waals surface area contributed by atoms with E-state index in [0.717, 1.165) is 28.8 Å². The zero-order chi connectivity index (χ0) is 24.9. The first-order chi connectivity index (χ1) is 17.5. The summed E-state index contributed by atoms with van der Waals surface area (Å²) in [7, 11) is -3.08. The third-order valence-electron chi connectivity index (χ3n) is 7.33. The molecule has 5 aromatic rings. The van der Waals surface area contributed by atoms with Crippen LogP contribution in [0, 0.1) is 20.8 Å². The SMILES string of the molecule is Cc1cc(C)c([Te]c2ccc3c4c(ccc(P(=O)(c5ccccc5)c5ccccc5)c24)CC3)c(C)c1. The zero-order valence-electron chi connectivity index (χ0n) is 20.9. The third kappa shape index (κ3) is 3.88. The molecule has 1 nitrogen and oxygen atoms in total. The summed E-state index contributed by atoms with van der Waals surface area (Å²) in [5.41, 5.74) is 6.90. The second kappa shape index (κ2) is 9.36. The van der Waals surface area contributed by atoms with Gasteiger partial charge in [0.25, 0.3) is 0 Å². The molecule has 5 aromatic carbocycles. The van der Waals surface area contributed by atoms with E-state index in [1.54, 1.807) is 0 Å². The second-order valence-corrected chi connectivity index (χ2v) is 15.6. The van der Waals surface area contributed by atoms with Gasteiger partial charge in [-0.25, -0.2) is 0 Å². The van der Waals surface area contributed by atoms with Crippen molar-refractivity contribution in [1.82, 2.24) is 0 Å². The van der Waals surface area contributed by atoms with E-state index >= 15 is 4.57 Å². The molecule has 3 heteroatoms. The Labute approximate surface area is 224 Å². The summed E-state index contributed by atoms with van der Waals surface area (Å²) < 4.78 is 18.4. The van der Waals surface area contributed by atoms with Crippen molar-refractivity contribution in [1.29, 1.82) is 0 Å². The summed E-state index contributed by atoms with van der Waals surface area (Å²) in [6, 6.07) is 34.0. The summed E-state index contributed by atoms with van der Waals surface area (Å²) in [4.78, 5) is 0. The number of rotatable bonds is 5. The molecule has 0 N–H and O–H groups in total. The molecule has 0 radical (unpaired) electrons. The van der Waals surface area contributed by atoms with Gasteiger partial charge in [0.05, 0.1) is 0 Å². The minimum absolute atomic E-state index is 0.689. The quantitative estimate of drug-likeness (QED) is 0.202. The maximum absolute atomic E-state index is 15.5. The van der Waals surface area contributed by atoms with Crippen molar-refractivity contribution in [3.63, 3.8) is 0 Å². The summed E-state index contributed by atoms with van der Waals surface area (Å²) in [5, 5.41) is 5.45. The van der Waals surface area contributed by atoms with E-state index in [1.165, 1.54) is 45.8 Å². The van der Waals surface area contributed by atoms with Gasteiger partial charge in [-0.15, -0.1) is 0 Å². The third-order valence-corrected chi connectivity index (χ3v) is 14.5. The molecule has 36 heavy (non-hydrogen) atoms. The standard InChI is InChI=1S/C33H29OPTe/c1-22-20-23(2)33(24(3)21-22)36-30-19-17-26-15-14-25-16-18-29(32(30)31(25)26)35(34,27-10-6-4-7-11-27)28-12-8-5-9-13-28/h4-13,16-21H,14-15H2,1-3H3. The first-order valence-electron chi connectivity index (χ1n) is 12.5. The van der Waals surface area contributed by atoms with Gasteiger partial charge in [0.2, 0.25) is 0 Å². The predicted octanol–water partition coefficient (Wildman–Crippen LogP) is 5.16. The fourth-order valence-corrected chi connectivity index (χ4v) is 12.0. The van der Waals surface area contributed by atoms with Crippen LogP contribution in [0.1, 0.15) is 27.8 Å². The first-order valence-corrected chi connectivity index (χ1v) is 16.6. The minimum atomic E-state index is -3.08. The molecule has 0 bridgehead atoms. The van der Waals surface area contributed by atoms with E-state index < -0.39 is 28.1 Å². The molecular weight excluding hydrogens is 571 g/mol. The van der Waals surface area contributed by atoms with E-state index in [4.69, 9.17) is 0 Å². The van der Waals surface area contributed by atoms with E-state index in [0.29, 0.717) is 0 Å². The van der Waals surface area contributed by atoms with E-state index in [-0.39, 0.29) is 0 Å². The van der Waals surface area contributed by atoms with E-state index in [2.05, 4.69) is 57.2 Å². The molecule has 178 valence electrons. The van der Waals surface area contributed by atoms with Crippen LogP contribution in [0.3, 0.4) is 0 Å². The average Bonchev–Trinajstić information content (AvgIpc) is 3.32. The molecule has 1 aliphatic carbocycles. The monoisotopic (exact) mass is 602 g/mol. The van der Waals surface area contributed by atoms with Gasteiger partial charge >= 0.3 is 225 Å². The number of hydrogen-bond acceptors (Lipinski definition) is 1. The molecule has 0 saturated carbocycles. The molecule has 0 heterocycles. The zero-order valence-corrected chi connectivity index (χ0v) is 24.1. The fraction of sp³-hybridized carbons (Fsp3) is 0.152. The van der Waals surface area contributed by atoms with Crippen LogP contribution in [0.4, 0.5) is 0 Å². The van der Waals surface area contributed by atoms with Gasteiger partial charge in [0.1, 0.15) is 0 Å². The van der Waals surface area contributed by atoms with Crippen molar-refractivity contribution in [3.05, 3.63) is 125 Å². The summed E-state index contributed by atoms with van der Waals surface area (Å²) in [5.74, 6) is 0. The summed E-state index contributed by atoms with van der Waals surface area (Å²) in [6.45, 7) is 6.68. The average molecular weight is 600 g/mol. The number of hydrogen-bond donors (Lipinski definition) is 0. The van der Waals surface area contributed by atoms with Gasteiger partial charge in [-0.05, 0) is 0 Å². The van der Waals surface area contributed by atoms with Gasteiger partial charge in [0, 0.05) is 0 Å². The molecule has 0 aliphatic heterocycles. The van der Waals surface area contributed by atoms with Crippen LogP contribution < -0.4 is 23.1 Å². The molecule has 0 aromatic heterocycles. The van der Waals surface area contributed by atoms with Crippen LogP contribution in [0.25, 0.3) is 10.8 Å². The van der Waals surface area contributed by atoms with Crippen LogP contribution in [-0.2, 0) is 17.4 Å². The molecule has 0 atom stereocenters. The summed E-state index contributed by atoms with van der Waals surface area (Å²) in [6.07, 6.45) is 2.14. The number of aryl methyl sites for hydroxylation is 5. The normalized spacial score (nSPS) is 12.9. The Morgan fingerprint density at radius 1 is 0.639 bits per heavy atom. The van der Waals surface area contributed by atoms with E-state index in [9.17, 15) is 0 Å². The Morgan fingerprint density at radius 3 is 1.72 bits per heavy atom. The van der Waals surface area contributed by atoms with Crippen LogP contribution >= 0.6 is 7.14 Å². The van der Waals surface area contributed by atoms with Gasteiger partial charge < -0.3 is 0 Å². The molecule has 1 aliphatic rings. The molecule has 6 rings (SSSR count). The summed E-state index contributed by atoms with van der Waals surface area (Å²) >= 11 is -0.689. The van der Waals surface area contributed by atoms with Crippen LogP contribution in [0.15, 0.2) is 97.1 Å². The fourth-order valence-electron chi connectivity index (χ4n) is 5.77. The van der Waals surface area contributed by atoms with Crippen molar-refractivity contribution >= 4 is 62.0 Å². The van der Waals surface area contributed by atoms with Crippen LogP contribution in [0.2, 0.25) is 0 Å². The molecule has 0 unspecified atom stereocenters. The molecule has 0 fully saturated rings.